The molecule has 1 aromatic carbocycles. The second kappa shape index (κ2) is 7.17. The first-order valence-electron chi connectivity index (χ1n) is 7.17. The molecule has 21 heavy (non-hydrogen) atoms. The zero-order valence-electron chi connectivity index (χ0n) is 12.6. The third-order valence-corrected chi connectivity index (χ3v) is 3.71. The lowest BCUT2D eigenvalue weighted by Gasteiger charge is -2.16. The van der Waals surface area contributed by atoms with Crippen molar-refractivity contribution >= 4 is 11.6 Å². The summed E-state index contributed by atoms with van der Waals surface area (Å²) in [5.74, 6) is 0.827. The molecule has 0 spiro atoms. The average molecular weight is 293 g/mol. The lowest BCUT2D eigenvalue weighted by Crippen LogP contribution is -2.33. The summed E-state index contributed by atoms with van der Waals surface area (Å²) >= 11 is 0. The standard InChI is InChI=1S/C15H23N3O3/c1-20-13-9-11(12(16)10-14(13)21-2)15(19)17-5-8-18-6-3-4-7-18/h9-10H,3-8,16H2,1-2H3,(H,17,19). The predicted octanol–water partition coefficient (Wildman–Crippen LogP) is 1.11. The van der Waals surface area contributed by atoms with E-state index in [0.29, 0.717) is 29.3 Å². The van der Waals surface area contributed by atoms with Crippen molar-refractivity contribution < 1.29 is 14.3 Å². The molecule has 3 N–H and O–H groups in total. The highest BCUT2D eigenvalue weighted by molar-refractivity contribution is 6.00. The van der Waals surface area contributed by atoms with E-state index in [1.54, 1.807) is 12.1 Å². The van der Waals surface area contributed by atoms with Crippen molar-refractivity contribution in [3.8, 4) is 11.5 Å². The molecule has 1 aromatic rings. The third-order valence-electron chi connectivity index (χ3n) is 3.71. The monoisotopic (exact) mass is 293 g/mol. The Morgan fingerprint density at radius 1 is 1.24 bits per heavy atom. The van der Waals surface area contributed by atoms with Crippen LogP contribution in [0.25, 0.3) is 0 Å². The summed E-state index contributed by atoms with van der Waals surface area (Å²) in [4.78, 5) is 14.5. The fourth-order valence-corrected chi connectivity index (χ4v) is 2.52. The molecule has 1 aliphatic heterocycles. The van der Waals surface area contributed by atoms with E-state index in [1.165, 1.54) is 27.1 Å². The van der Waals surface area contributed by atoms with E-state index < -0.39 is 0 Å². The van der Waals surface area contributed by atoms with Gasteiger partial charge in [0.2, 0.25) is 0 Å². The van der Waals surface area contributed by atoms with Gasteiger partial charge in [-0.2, -0.15) is 0 Å². The van der Waals surface area contributed by atoms with Gasteiger partial charge in [0.25, 0.3) is 5.91 Å². The minimum absolute atomic E-state index is 0.187. The Labute approximate surface area is 125 Å². The van der Waals surface area contributed by atoms with Crippen LogP contribution in [-0.4, -0.2) is 51.2 Å². The van der Waals surface area contributed by atoms with Crippen LogP contribution < -0.4 is 20.5 Å². The minimum atomic E-state index is -0.187. The molecule has 1 amide bonds. The van der Waals surface area contributed by atoms with Gasteiger partial charge in [0.15, 0.2) is 11.5 Å². The largest absolute Gasteiger partial charge is 0.493 e. The number of carbonyl (C=O) groups excluding carboxylic acids is 1. The Morgan fingerprint density at radius 2 is 1.86 bits per heavy atom. The summed E-state index contributed by atoms with van der Waals surface area (Å²) in [5, 5.41) is 2.90. The van der Waals surface area contributed by atoms with Crippen LogP contribution in [0.15, 0.2) is 12.1 Å². The second-order valence-corrected chi connectivity index (χ2v) is 5.10. The van der Waals surface area contributed by atoms with Gasteiger partial charge in [-0.05, 0) is 32.0 Å². The third kappa shape index (κ3) is 3.78. The molecule has 0 bridgehead atoms. The number of nitrogen functional groups attached to an aromatic ring is 1. The van der Waals surface area contributed by atoms with E-state index in [9.17, 15) is 4.79 Å². The van der Waals surface area contributed by atoms with Crippen molar-refractivity contribution in [3.63, 3.8) is 0 Å². The normalized spacial score (nSPS) is 15.0. The Kier molecular flexibility index (Phi) is 5.27. The number of carbonyl (C=O) groups is 1. The highest BCUT2D eigenvalue weighted by Crippen LogP contribution is 2.31. The molecular formula is C15H23N3O3. The van der Waals surface area contributed by atoms with E-state index in [-0.39, 0.29) is 5.91 Å². The van der Waals surface area contributed by atoms with Crippen molar-refractivity contribution in [1.82, 2.24) is 10.2 Å². The van der Waals surface area contributed by atoms with E-state index >= 15 is 0 Å². The summed E-state index contributed by atoms with van der Waals surface area (Å²) in [5.41, 5.74) is 6.70. The summed E-state index contributed by atoms with van der Waals surface area (Å²) in [6, 6.07) is 3.22. The highest BCUT2D eigenvalue weighted by atomic mass is 16.5. The number of anilines is 1. The van der Waals surface area contributed by atoms with E-state index in [4.69, 9.17) is 15.2 Å². The first kappa shape index (κ1) is 15.4. The molecule has 6 heteroatoms. The molecule has 0 radical (unpaired) electrons. The Bertz CT molecular complexity index is 499. The van der Waals surface area contributed by atoms with Gasteiger partial charge in [-0.25, -0.2) is 0 Å². The predicted molar refractivity (Wildman–Crippen MR) is 82.0 cm³/mol. The highest BCUT2D eigenvalue weighted by Gasteiger charge is 2.16. The van der Waals surface area contributed by atoms with Gasteiger partial charge in [-0.3, -0.25) is 4.79 Å². The zero-order chi connectivity index (χ0) is 15.2. The molecule has 0 aliphatic carbocycles. The molecule has 0 atom stereocenters. The number of benzene rings is 1. The number of amides is 1. The van der Waals surface area contributed by atoms with Crippen LogP contribution in [0.3, 0.4) is 0 Å². The number of hydrogen-bond donors (Lipinski definition) is 2. The van der Waals surface area contributed by atoms with Crippen molar-refractivity contribution in [1.29, 1.82) is 0 Å². The van der Waals surface area contributed by atoms with Crippen LogP contribution in [-0.2, 0) is 0 Å². The number of methoxy groups -OCH3 is 2. The lowest BCUT2D eigenvalue weighted by atomic mass is 10.1. The SMILES string of the molecule is COc1cc(N)c(C(=O)NCCN2CCCC2)cc1OC. The first-order valence-corrected chi connectivity index (χ1v) is 7.17. The molecule has 2 rings (SSSR count). The quantitative estimate of drug-likeness (QED) is 0.768. The molecule has 116 valence electrons. The molecule has 0 aromatic heterocycles. The van der Waals surface area contributed by atoms with Gasteiger partial charge in [-0.1, -0.05) is 0 Å². The number of likely N-dealkylation sites (tertiary alicyclic amines) is 1. The number of rotatable bonds is 6. The van der Waals surface area contributed by atoms with E-state index in [2.05, 4.69) is 10.2 Å². The fraction of sp³-hybridized carbons (Fsp3) is 0.533. The summed E-state index contributed by atoms with van der Waals surface area (Å²) in [6.45, 7) is 3.73. The lowest BCUT2D eigenvalue weighted by molar-refractivity contribution is 0.0950. The maximum atomic E-state index is 12.2. The van der Waals surface area contributed by atoms with Crippen LogP contribution in [0.5, 0.6) is 11.5 Å². The summed E-state index contributed by atoms with van der Waals surface area (Å²) in [6.07, 6.45) is 2.49. The molecule has 1 fully saturated rings. The van der Waals surface area contributed by atoms with Crippen molar-refractivity contribution in [2.75, 3.05) is 46.1 Å². The molecule has 6 nitrogen and oxygen atoms in total. The number of ether oxygens (including phenoxy) is 2. The van der Waals surface area contributed by atoms with Gasteiger partial charge < -0.3 is 25.4 Å². The van der Waals surface area contributed by atoms with Crippen LogP contribution in [0.2, 0.25) is 0 Å². The second-order valence-electron chi connectivity index (χ2n) is 5.10. The number of nitrogens with two attached hydrogens (primary N) is 1. The van der Waals surface area contributed by atoms with Crippen molar-refractivity contribution in [2.24, 2.45) is 0 Å². The van der Waals surface area contributed by atoms with Crippen LogP contribution in [0.4, 0.5) is 5.69 Å². The maximum Gasteiger partial charge on any atom is 0.253 e. The maximum absolute atomic E-state index is 12.2. The molecule has 1 heterocycles. The van der Waals surface area contributed by atoms with Crippen molar-refractivity contribution in [2.45, 2.75) is 12.8 Å². The summed E-state index contributed by atoms with van der Waals surface area (Å²) < 4.78 is 10.4. The zero-order valence-corrected chi connectivity index (χ0v) is 12.6. The number of nitrogens with one attached hydrogen (secondary N) is 1. The fourth-order valence-electron chi connectivity index (χ4n) is 2.52. The first-order chi connectivity index (χ1) is 10.2. The molecule has 1 saturated heterocycles. The molecular weight excluding hydrogens is 270 g/mol. The van der Waals surface area contributed by atoms with Crippen molar-refractivity contribution in [3.05, 3.63) is 17.7 Å². The average Bonchev–Trinajstić information content (AvgIpc) is 3.00. The smallest absolute Gasteiger partial charge is 0.253 e. The van der Waals surface area contributed by atoms with Crippen LogP contribution in [0, 0.1) is 0 Å². The number of nitrogens with zero attached hydrogens (tertiary/aromatic N) is 1. The summed E-state index contributed by atoms with van der Waals surface area (Å²) in [7, 11) is 3.07. The Hall–Kier alpha value is -1.95. The van der Waals surface area contributed by atoms with Crippen LogP contribution in [0.1, 0.15) is 23.2 Å². The van der Waals surface area contributed by atoms with E-state index in [1.807, 2.05) is 0 Å². The van der Waals surface area contributed by atoms with Gasteiger partial charge in [0.05, 0.1) is 19.8 Å². The van der Waals surface area contributed by atoms with Gasteiger partial charge in [0, 0.05) is 24.8 Å². The van der Waals surface area contributed by atoms with Gasteiger partial charge in [-0.15, -0.1) is 0 Å². The van der Waals surface area contributed by atoms with Gasteiger partial charge in [0.1, 0.15) is 0 Å². The number of hydrogen-bond acceptors (Lipinski definition) is 5. The Balaban J connectivity index is 1.97. The van der Waals surface area contributed by atoms with Crippen LogP contribution >= 0.6 is 0 Å². The van der Waals surface area contributed by atoms with Gasteiger partial charge >= 0.3 is 0 Å². The van der Waals surface area contributed by atoms with E-state index in [0.717, 1.165) is 19.6 Å². The molecule has 0 unspecified atom stereocenters. The minimum Gasteiger partial charge on any atom is -0.493 e. The molecule has 0 saturated carbocycles. The topological polar surface area (TPSA) is 76.8 Å². The molecule has 1 aliphatic rings. The Morgan fingerprint density at radius 3 is 2.48 bits per heavy atom.